The Bertz CT molecular complexity index is 1380. The molecule has 36 heavy (non-hydrogen) atoms. The molecule has 0 spiro atoms. The maximum atomic E-state index is 12.6. The zero-order chi connectivity index (χ0) is 25.1. The molecule has 180 valence electrons. The molecule has 1 aliphatic rings. The lowest BCUT2D eigenvalue weighted by atomic mass is 9.98. The molecule has 5 rings (SSSR count). The standard InChI is InChI=1S/C29H23NO6/c31-16-20-13-14-27(36-20)19-11-9-18(10-12-19)15-26(28(32)33)30-29(34)35-17-25-23-7-3-1-5-21(23)22-6-2-4-8-24(22)25/h1-14,16,25-26H,15,17H2,(H,30,34)(H,32,33). The van der Waals surface area contributed by atoms with Crippen LogP contribution in [0.2, 0.25) is 0 Å². The number of rotatable bonds is 8. The fraction of sp³-hybridized carbons (Fsp3) is 0.138. The lowest BCUT2D eigenvalue weighted by molar-refractivity contribution is -0.139. The number of hydrogen-bond donors (Lipinski definition) is 2. The Morgan fingerprint density at radius 1 is 0.917 bits per heavy atom. The fourth-order valence-electron chi connectivity index (χ4n) is 4.59. The van der Waals surface area contributed by atoms with E-state index in [-0.39, 0.29) is 24.7 Å². The van der Waals surface area contributed by atoms with Crippen LogP contribution in [0.3, 0.4) is 0 Å². The van der Waals surface area contributed by atoms with Gasteiger partial charge in [0.05, 0.1) is 0 Å². The van der Waals surface area contributed by atoms with E-state index in [4.69, 9.17) is 9.15 Å². The largest absolute Gasteiger partial charge is 0.480 e. The number of aliphatic carboxylic acids is 1. The van der Waals surface area contributed by atoms with Gasteiger partial charge in [0, 0.05) is 17.9 Å². The molecule has 1 amide bonds. The van der Waals surface area contributed by atoms with Gasteiger partial charge in [-0.05, 0) is 39.9 Å². The number of hydrogen-bond acceptors (Lipinski definition) is 5. The molecule has 1 aromatic heterocycles. The Morgan fingerprint density at radius 2 is 1.56 bits per heavy atom. The van der Waals surface area contributed by atoms with E-state index in [1.165, 1.54) is 0 Å². The van der Waals surface area contributed by atoms with Gasteiger partial charge in [0.25, 0.3) is 0 Å². The number of nitrogens with one attached hydrogen (secondary N) is 1. The summed E-state index contributed by atoms with van der Waals surface area (Å²) in [6, 6.07) is 25.2. The Hall–Kier alpha value is -4.65. The van der Waals surface area contributed by atoms with Gasteiger partial charge < -0.3 is 19.6 Å². The Labute approximate surface area is 207 Å². The van der Waals surface area contributed by atoms with E-state index in [0.717, 1.165) is 27.8 Å². The molecular weight excluding hydrogens is 458 g/mol. The smallest absolute Gasteiger partial charge is 0.407 e. The molecule has 4 aromatic rings. The van der Waals surface area contributed by atoms with Crippen molar-refractivity contribution in [2.24, 2.45) is 0 Å². The summed E-state index contributed by atoms with van der Waals surface area (Å²) < 4.78 is 10.9. The fourth-order valence-corrected chi connectivity index (χ4v) is 4.59. The third-order valence-electron chi connectivity index (χ3n) is 6.36. The molecular formula is C29H23NO6. The van der Waals surface area contributed by atoms with Crippen LogP contribution in [0.5, 0.6) is 0 Å². The molecule has 0 radical (unpaired) electrons. The van der Waals surface area contributed by atoms with E-state index in [9.17, 15) is 19.5 Å². The van der Waals surface area contributed by atoms with Gasteiger partial charge in [0.1, 0.15) is 18.4 Å². The summed E-state index contributed by atoms with van der Waals surface area (Å²) >= 11 is 0. The summed E-state index contributed by atoms with van der Waals surface area (Å²) in [5.41, 5.74) is 5.86. The monoisotopic (exact) mass is 481 g/mol. The van der Waals surface area contributed by atoms with Crippen LogP contribution in [-0.4, -0.2) is 36.1 Å². The van der Waals surface area contributed by atoms with E-state index in [1.54, 1.807) is 36.4 Å². The molecule has 7 nitrogen and oxygen atoms in total. The maximum Gasteiger partial charge on any atom is 0.407 e. The van der Waals surface area contributed by atoms with Crippen LogP contribution in [0.1, 0.15) is 33.2 Å². The van der Waals surface area contributed by atoms with Crippen LogP contribution >= 0.6 is 0 Å². The SMILES string of the molecule is O=Cc1ccc(-c2ccc(CC(NC(=O)OCC3c4ccccc4-c4ccccc43)C(=O)O)cc2)o1. The van der Waals surface area contributed by atoms with E-state index in [2.05, 4.69) is 5.32 Å². The summed E-state index contributed by atoms with van der Waals surface area (Å²) in [6.45, 7) is 0.104. The molecule has 1 atom stereocenters. The molecule has 7 heteroatoms. The van der Waals surface area contributed by atoms with Crippen molar-refractivity contribution in [2.75, 3.05) is 6.61 Å². The zero-order valence-corrected chi connectivity index (χ0v) is 19.2. The van der Waals surface area contributed by atoms with Gasteiger partial charge in [0.2, 0.25) is 0 Å². The minimum Gasteiger partial charge on any atom is -0.480 e. The summed E-state index contributed by atoms with van der Waals surface area (Å²) in [5, 5.41) is 12.1. The minimum absolute atomic E-state index is 0.0809. The third kappa shape index (κ3) is 4.63. The molecule has 0 bridgehead atoms. The molecule has 0 saturated heterocycles. The molecule has 2 N–H and O–H groups in total. The van der Waals surface area contributed by atoms with E-state index in [0.29, 0.717) is 17.6 Å². The predicted octanol–water partition coefficient (Wildman–Crippen LogP) is 5.29. The van der Waals surface area contributed by atoms with Crippen molar-refractivity contribution in [3.05, 3.63) is 107 Å². The van der Waals surface area contributed by atoms with Crippen molar-refractivity contribution in [2.45, 2.75) is 18.4 Å². The van der Waals surface area contributed by atoms with Crippen LogP contribution in [-0.2, 0) is 16.0 Å². The van der Waals surface area contributed by atoms with Crippen molar-refractivity contribution in [1.82, 2.24) is 5.32 Å². The number of fused-ring (bicyclic) bond motifs is 3. The van der Waals surface area contributed by atoms with Crippen LogP contribution in [0.4, 0.5) is 4.79 Å². The van der Waals surface area contributed by atoms with E-state index in [1.807, 2.05) is 48.5 Å². The summed E-state index contributed by atoms with van der Waals surface area (Å²) in [7, 11) is 0. The Balaban J connectivity index is 1.22. The molecule has 0 saturated carbocycles. The second-order valence-electron chi connectivity index (χ2n) is 8.58. The second-order valence-corrected chi connectivity index (χ2v) is 8.58. The first kappa shape index (κ1) is 23.1. The Morgan fingerprint density at radius 3 is 2.14 bits per heavy atom. The highest BCUT2D eigenvalue weighted by Gasteiger charge is 2.29. The third-order valence-corrected chi connectivity index (χ3v) is 6.36. The first-order valence-electron chi connectivity index (χ1n) is 11.5. The minimum atomic E-state index is -1.16. The molecule has 3 aromatic carbocycles. The molecule has 0 fully saturated rings. The highest BCUT2D eigenvalue weighted by molar-refractivity contribution is 5.81. The van der Waals surface area contributed by atoms with Crippen molar-refractivity contribution in [3.8, 4) is 22.5 Å². The van der Waals surface area contributed by atoms with Gasteiger partial charge in [-0.2, -0.15) is 0 Å². The number of carbonyl (C=O) groups excluding carboxylic acids is 2. The normalized spacial score (nSPS) is 12.9. The molecule has 1 unspecified atom stereocenters. The number of carbonyl (C=O) groups is 3. The first-order chi connectivity index (χ1) is 17.5. The topological polar surface area (TPSA) is 106 Å². The van der Waals surface area contributed by atoms with Crippen LogP contribution in [0, 0.1) is 0 Å². The lowest BCUT2D eigenvalue weighted by Crippen LogP contribution is -2.42. The number of alkyl carbamates (subject to hydrolysis) is 1. The zero-order valence-electron chi connectivity index (χ0n) is 19.2. The number of furan rings is 1. The van der Waals surface area contributed by atoms with Crippen molar-refractivity contribution >= 4 is 18.3 Å². The average molecular weight is 482 g/mol. The highest BCUT2D eigenvalue weighted by atomic mass is 16.5. The quantitative estimate of drug-likeness (QED) is 0.331. The summed E-state index contributed by atoms with van der Waals surface area (Å²) in [6.07, 6.45) is -0.0696. The van der Waals surface area contributed by atoms with Crippen LogP contribution in [0.25, 0.3) is 22.5 Å². The number of carboxylic acids is 1. The van der Waals surface area contributed by atoms with Crippen molar-refractivity contribution < 1.29 is 28.6 Å². The van der Waals surface area contributed by atoms with Crippen molar-refractivity contribution in [1.29, 1.82) is 0 Å². The second kappa shape index (κ2) is 9.92. The maximum absolute atomic E-state index is 12.6. The van der Waals surface area contributed by atoms with Gasteiger partial charge in [-0.1, -0.05) is 72.8 Å². The summed E-state index contributed by atoms with van der Waals surface area (Å²) in [4.78, 5) is 35.2. The lowest BCUT2D eigenvalue weighted by Gasteiger charge is -2.17. The van der Waals surface area contributed by atoms with E-state index < -0.39 is 18.1 Å². The first-order valence-corrected chi connectivity index (χ1v) is 11.5. The predicted molar refractivity (Wildman–Crippen MR) is 133 cm³/mol. The molecule has 1 aliphatic carbocycles. The van der Waals surface area contributed by atoms with Gasteiger partial charge in [-0.3, -0.25) is 4.79 Å². The Kier molecular flexibility index (Phi) is 6.36. The number of amides is 1. The van der Waals surface area contributed by atoms with Crippen LogP contribution in [0.15, 0.2) is 89.3 Å². The highest BCUT2D eigenvalue weighted by Crippen LogP contribution is 2.44. The van der Waals surface area contributed by atoms with Gasteiger partial charge in [-0.25, -0.2) is 9.59 Å². The van der Waals surface area contributed by atoms with E-state index >= 15 is 0 Å². The van der Waals surface area contributed by atoms with Gasteiger partial charge >= 0.3 is 12.1 Å². The number of benzene rings is 3. The average Bonchev–Trinajstić information content (AvgIpc) is 3.50. The summed E-state index contributed by atoms with van der Waals surface area (Å²) in [5.74, 6) is -0.503. The molecule has 1 heterocycles. The number of aldehydes is 1. The molecule has 0 aliphatic heterocycles. The number of carboxylic acid groups (broad SMARTS) is 1. The van der Waals surface area contributed by atoms with Gasteiger partial charge in [0.15, 0.2) is 12.0 Å². The van der Waals surface area contributed by atoms with Gasteiger partial charge in [-0.15, -0.1) is 0 Å². The van der Waals surface area contributed by atoms with Crippen LogP contribution < -0.4 is 5.32 Å². The number of ether oxygens (including phenoxy) is 1. The van der Waals surface area contributed by atoms with Crippen molar-refractivity contribution in [3.63, 3.8) is 0 Å².